The van der Waals surface area contributed by atoms with E-state index >= 15 is 0 Å². The van der Waals surface area contributed by atoms with Crippen LogP contribution < -0.4 is 20.3 Å². The van der Waals surface area contributed by atoms with Crippen LogP contribution in [0.3, 0.4) is 0 Å². The Morgan fingerprint density at radius 3 is 2.13 bits per heavy atom. The van der Waals surface area contributed by atoms with E-state index in [0.29, 0.717) is 44.3 Å². The van der Waals surface area contributed by atoms with Crippen molar-refractivity contribution in [1.29, 1.82) is 0 Å². The van der Waals surface area contributed by atoms with Crippen molar-refractivity contribution in [1.82, 2.24) is 10.0 Å². The number of piperidine rings is 1. The van der Waals surface area contributed by atoms with Gasteiger partial charge >= 0.3 is 5.69 Å². The molecule has 3 aromatic rings. The van der Waals surface area contributed by atoms with E-state index in [1.165, 1.54) is 30.7 Å². The third-order valence-corrected chi connectivity index (χ3v) is 14.9. The first-order chi connectivity index (χ1) is 25.8. The number of amides is 1. The number of sulfonamides is 1. The van der Waals surface area contributed by atoms with Crippen LogP contribution in [0.25, 0.3) is 0 Å². The predicted molar refractivity (Wildman–Crippen MR) is 210 cm³/mol. The van der Waals surface area contributed by atoms with Crippen molar-refractivity contribution < 1.29 is 22.9 Å². The molecule has 5 aliphatic rings. The summed E-state index contributed by atoms with van der Waals surface area (Å²) in [5, 5.41) is 20.1. The predicted octanol–water partition coefficient (Wildman–Crippen LogP) is 7.59. The maximum absolute atomic E-state index is 14.2. The summed E-state index contributed by atoms with van der Waals surface area (Å²) in [4.78, 5) is 41.2. The quantitative estimate of drug-likeness (QED) is 0.0965. The molecule has 54 heavy (non-hydrogen) atoms. The van der Waals surface area contributed by atoms with Gasteiger partial charge in [0, 0.05) is 48.3 Å². The van der Waals surface area contributed by atoms with E-state index in [1.54, 1.807) is 23.1 Å². The Labute approximate surface area is 318 Å². The summed E-state index contributed by atoms with van der Waals surface area (Å²) in [6.45, 7) is 8.02. The Bertz CT molecular complexity index is 1980. The SMILES string of the molecule is C[C@@H]1[C@@H](NC2CCN(c3c(S(=O)(=O)NC(=O)c4ccccc4)ccc(NCC4CCCCC4)c3[N+](=O)[O-])CC2)C[C@H]2C[C@@]1(C(=O)c1ccccc1)C2(C)C. The molecule has 8 rings (SSSR count). The number of hydrogen-bond acceptors (Lipinski definition) is 9. The van der Waals surface area contributed by atoms with Gasteiger partial charge in [0.1, 0.15) is 16.3 Å². The second-order valence-corrected chi connectivity index (χ2v) is 18.3. The number of carbonyl (C=O) groups is 2. The Morgan fingerprint density at radius 2 is 1.52 bits per heavy atom. The highest BCUT2D eigenvalue weighted by atomic mass is 32.2. The van der Waals surface area contributed by atoms with Crippen LogP contribution in [-0.2, 0) is 10.0 Å². The summed E-state index contributed by atoms with van der Waals surface area (Å²) >= 11 is 0. The first-order valence-electron chi connectivity index (χ1n) is 19.6. The Hall–Kier alpha value is -4.29. The van der Waals surface area contributed by atoms with Gasteiger partial charge in [0.25, 0.3) is 15.9 Å². The van der Waals surface area contributed by atoms with Crippen LogP contribution in [0, 0.1) is 38.7 Å². The summed E-state index contributed by atoms with van der Waals surface area (Å²) in [6.07, 6.45) is 8.66. The third kappa shape index (κ3) is 6.91. The monoisotopic (exact) mass is 755 g/mol. The lowest BCUT2D eigenvalue weighted by Gasteiger charge is -2.69. The molecule has 1 heterocycles. The number of nitrogens with zero attached hydrogens (tertiary/aromatic N) is 2. The molecule has 0 unspecified atom stereocenters. The van der Waals surface area contributed by atoms with Crippen LogP contribution in [0.1, 0.15) is 99.3 Å². The minimum absolute atomic E-state index is 0.00175. The van der Waals surface area contributed by atoms with Crippen LogP contribution >= 0.6 is 0 Å². The lowest BCUT2D eigenvalue weighted by atomic mass is 9.34. The zero-order valence-corrected chi connectivity index (χ0v) is 32.4. The van der Waals surface area contributed by atoms with E-state index in [1.807, 2.05) is 30.3 Å². The van der Waals surface area contributed by atoms with Gasteiger partial charge in [0.15, 0.2) is 5.78 Å². The van der Waals surface area contributed by atoms with Crippen molar-refractivity contribution in [3.63, 3.8) is 0 Å². The molecule has 4 saturated carbocycles. The minimum atomic E-state index is -4.51. The normalized spacial score (nSPS) is 25.7. The second-order valence-electron chi connectivity index (χ2n) is 16.6. The maximum atomic E-state index is 14.2. The summed E-state index contributed by atoms with van der Waals surface area (Å²) in [5.74, 6) is 0.317. The number of nitro benzene ring substituents is 1. The van der Waals surface area contributed by atoms with Crippen molar-refractivity contribution in [3.05, 3.63) is 94.0 Å². The van der Waals surface area contributed by atoms with E-state index in [-0.39, 0.29) is 56.7 Å². The highest BCUT2D eigenvalue weighted by Gasteiger charge is 2.70. The fraction of sp³-hybridized carbons (Fsp3) is 0.524. The molecule has 4 aliphatic carbocycles. The Balaban J connectivity index is 1.13. The molecule has 0 radical (unpaired) electrons. The number of nitro groups is 1. The highest BCUT2D eigenvalue weighted by molar-refractivity contribution is 7.90. The smallest absolute Gasteiger partial charge is 0.316 e. The molecule has 5 fully saturated rings. The maximum Gasteiger partial charge on any atom is 0.316 e. The second kappa shape index (κ2) is 15.1. The number of rotatable bonds is 12. The van der Waals surface area contributed by atoms with Gasteiger partial charge in [-0.2, -0.15) is 0 Å². The molecule has 1 saturated heterocycles. The lowest BCUT2D eigenvalue weighted by molar-refractivity contribution is -0.383. The average Bonchev–Trinajstić information content (AvgIpc) is 3.18. The van der Waals surface area contributed by atoms with Gasteiger partial charge in [0.05, 0.1) is 4.92 Å². The molecule has 1 aliphatic heterocycles. The minimum Gasteiger partial charge on any atom is -0.379 e. The van der Waals surface area contributed by atoms with Crippen molar-refractivity contribution in [2.45, 2.75) is 95.5 Å². The van der Waals surface area contributed by atoms with Crippen LogP contribution in [0.15, 0.2) is 77.7 Å². The van der Waals surface area contributed by atoms with Gasteiger partial charge in [-0.1, -0.05) is 88.6 Å². The molecular weight excluding hydrogens is 703 g/mol. The zero-order valence-electron chi connectivity index (χ0n) is 31.6. The van der Waals surface area contributed by atoms with E-state index in [9.17, 15) is 28.1 Å². The molecule has 0 aromatic heterocycles. The van der Waals surface area contributed by atoms with Gasteiger partial charge in [-0.05, 0) is 86.0 Å². The highest BCUT2D eigenvalue weighted by Crippen LogP contribution is 2.70. The van der Waals surface area contributed by atoms with Gasteiger partial charge in [-0.15, -0.1) is 0 Å². The largest absolute Gasteiger partial charge is 0.379 e. The molecule has 3 aromatic carbocycles. The van der Waals surface area contributed by atoms with E-state index in [0.717, 1.165) is 44.1 Å². The van der Waals surface area contributed by atoms with Gasteiger partial charge in [0.2, 0.25) is 0 Å². The Morgan fingerprint density at radius 1 is 0.889 bits per heavy atom. The van der Waals surface area contributed by atoms with Crippen LogP contribution in [0.2, 0.25) is 0 Å². The molecule has 12 heteroatoms. The molecule has 4 atom stereocenters. The fourth-order valence-corrected chi connectivity index (χ4v) is 11.5. The number of Topliss-reactive ketones (excluding diaryl/α,β-unsaturated/α-hetero) is 1. The summed E-state index contributed by atoms with van der Waals surface area (Å²) in [6, 6.07) is 20.7. The van der Waals surface area contributed by atoms with E-state index in [4.69, 9.17) is 0 Å². The summed E-state index contributed by atoms with van der Waals surface area (Å²) < 4.78 is 30.1. The number of hydrogen-bond donors (Lipinski definition) is 3. The van der Waals surface area contributed by atoms with Gasteiger partial charge < -0.3 is 15.5 Å². The first-order valence-corrected chi connectivity index (χ1v) is 21.1. The van der Waals surface area contributed by atoms with Crippen molar-refractivity contribution in [2.24, 2.45) is 28.6 Å². The summed E-state index contributed by atoms with van der Waals surface area (Å²) in [7, 11) is -4.51. The molecule has 0 spiro atoms. The number of fused-ring (bicyclic) bond motifs is 2. The van der Waals surface area contributed by atoms with E-state index < -0.39 is 26.3 Å². The molecule has 1 amide bonds. The fourth-order valence-electron chi connectivity index (χ4n) is 10.3. The molecule has 288 valence electrons. The molecule has 3 N–H and O–H groups in total. The van der Waals surface area contributed by atoms with Gasteiger partial charge in [-0.25, -0.2) is 13.1 Å². The van der Waals surface area contributed by atoms with Crippen molar-refractivity contribution in [3.8, 4) is 0 Å². The van der Waals surface area contributed by atoms with Crippen LogP contribution in [0.5, 0.6) is 0 Å². The number of benzene rings is 3. The standard InChI is InChI=1S/C42H53N5O6S/c1-28-35(25-32-26-42(28,41(32,2)3)39(48)30-15-9-5-10-16-30)44-33-21-23-46(24-22-33)38-36(54(52,53)45-40(49)31-17-11-6-12-18-31)20-19-34(37(38)47(50)51)43-27-29-13-7-4-8-14-29/h5-6,9-12,15-20,28-29,32-33,35,43-44H,4,7-8,13-14,21-27H2,1-3H3,(H,45,49)/t28-,32+,35+,42-/m1/s1. The van der Waals surface area contributed by atoms with Crippen LogP contribution in [0.4, 0.5) is 17.1 Å². The molecular formula is C42H53N5O6S. The number of ketones is 1. The van der Waals surface area contributed by atoms with Crippen molar-refractivity contribution in [2.75, 3.05) is 29.9 Å². The first kappa shape index (κ1) is 38.0. The number of carbonyl (C=O) groups excluding carboxylic acids is 2. The summed E-state index contributed by atoms with van der Waals surface area (Å²) in [5.41, 5.74) is 0.328. The van der Waals surface area contributed by atoms with Crippen molar-refractivity contribution >= 4 is 38.8 Å². The average molecular weight is 756 g/mol. The topological polar surface area (TPSA) is 151 Å². The zero-order chi connectivity index (χ0) is 38.3. The van der Waals surface area contributed by atoms with Crippen LogP contribution in [-0.4, -0.2) is 56.7 Å². The van der Waals surface area contributed by atoms with Gasteiger partial charge in [-0.3, -0.25) is 19.7 Å². The third-order valence-electron chi connectivity index (χ3n) is 13.5. The lowest BCUT2D eigenvalue weighted by Crippen LogP contribution is -2.71. The van der Waals surface area contributed by atoms with E-state index in [2.05, 4.69) is 36.1 Å². The molecule has 2 bridgehead atoms. The Kier molecular flexibility index (Phi) is 10.6. The number of nitrogens with one attached hydrogen (secondary N) is 3. The molecule has 11 nitrogen and oxygen atoms in total. The number of anilines is 2.